The number of phenols is 1. The Balaban J connectivity index is 1.58. The van der Waals surface area contributed by atoms with Gasteiger partial charge in [-0.25, -0.2) is 0 Å². The third-order valence-corrected chi connectivity index (χ3v) is 5.15. The van der Waals surface area contributed by atoms with E-state index in [0.717, 1.165) is 16.9 Å². The van der Waals surface area contributed by atoms with Crippen LogP contribution in [-0.2, 0) is 0 Å². The highest BCUT2D eigenvalue weighted by atomic mass is 35.5. The van der Waals surface area contributed by atoms with Gasteiger partial charge in [0.15, 0.2) is 10.2 Å². The number of hydrazone groups is 2. The molecule has 174 valence electrons. The van der Waals surface area contributed by atoms with E-state index in [2.05, 4.69) is 31.7 Å². The summed E-state index contributed by atoms with van der Waals surface area (Å²) in [5.41, 5.74) is 8.85. The number of thiocarbonyl (C=S) groups is 2. The zero-order chi connectivity index (χ0) is 24.5. The van der Waals surface area contributed by atoms with Crippen LogP contribution in [0.2, 0.25) is 10.0 Å². The van der Waals surface area contributed by atoms with Crippen molar-refractivity contribution in [2.75, 3.05) is 10.6 Å². The van der Waals surface area contributed by atoms with Crippen LogP contribution in [0.5, 0.6) is 5.75 Å². The van der Waals surface area contributed by atoms with Crippen molar-refractivity contribution >= 4 is 81.7 Å². The van der Waals surface area contributed by atoms with Crippen LogP contribution in [0.4, 0.5) is 11.4 Å². The maximum absolute atomic E-state index is 10.6. The number of nitrogens with zero attached hydrogens (tertiary/aromatic N) is 2. The minimum absolute atomic E-state index is 0.00913. The quantitative estimate of drug-likeness (QED) is 0.160. The SMILES string of the molecule is Cc1cc(C=NNC(=S)Nc2ccc(Cl)cc2)c(O)c(/C=N/NC(=S)Nc2ccc(Cl)cc2)c1. The number of halogens is 2. The van der Waals surface area contributed by atoms with Gasteiger partial charge in [-0.2, -0.15) is 10.2 Å². The van der Waals surface area contributed by atoms with Crippen molar-refractivity contribution in [3.8, 4) is 5.75 Å². The molecule has 0 saturated heterocycles. The van der Waals surface area contributed by atoms with Gasteiger partial charge in [0.2, 0.25) is 0 Å². The molecule has 0 atom stereocenters. The smallest absolute Gasteiger partial charge is 0.191 e. The van der Waals surface area contributed by atoms with Crippen molar-refractivity contribution in [2.45, 2.75) is 6.92 Å². The molecule has 0 bridgehead atoms. The van der Waals surface area contributed by atoms with Crippen LogP contribution in [-0.4, -0.2) is 27.8 Å². The Hall–Kier alpha value is -3.24. The number of rotatable bonds is 6. The molecule has 0 spiro atoms. The Bertz CT molecular complexity index is 1140. The van der Waals surface area contributed by atoms with Crippen LogP contribution in [0, 0.1) is 6.92 Å². The number of nitrogens with one attached hydrogen (secondary N) is 4. The summed E-state index contributed by atoms with van der Waals surface area (Å²) in [6.45, 7) is 1.90. The zero-order valence-electron chi connectivity index (χ0n) is 17.8. The van der Waals surface area contributed by atoms with Gasteiger partial charge in [0.1, 0.15) is 5.75 Å². The van der Waals surface area contributed by atoms with E-state index in [1.54, 1.807) is 60.7 Å². The molecule has 0 aromatic heterocycles. The van der Waals surface area contributed by atoms with Crippen LogP contribution in [0.1, 0.15) is 16.7 Å². The van der Waals surface area contributed by atoms with Gasteiger partial charge in [0, 0.05) is 32.5 Å². The van der Waals surface area contributed by atoms with Gasteiger partial charge in [-0.3, -0.25) is 10.9 Å². The second-order valence-corrected chi connectivity index (χ2v) is 8.64. The van der Waals surface area contributed by atoms with Crippen LogP contribution in [0.15, 0.2) is 70.9 Å². The third-order valence-electron chi connectivity index (χ3n) is 4.26. The highest BCUT2D eigenvalue weighted by Crippen LogP contribution is 2.22. The number of hydrogen-bond donors (Lipinski definition) is 5. The number of hydrogen-bond acceptors (Lipinski definition) is 5. The normalized spacial score (nSPS) is 10.9. The lowest BCUT2D eigenvalue weighted by molar-refractivity contribution is 0.473. The summed E-state index contributed by atoms with van der Waals surface area (Å²) in [5, 5.41) is 26.6. The fourth-order valence-electron chi connectivity index (χ4n) is 2.74. The van der Waals surface area contributed by atoms with Gasteiger partial charge in [-0.1, -0.05) is 23.2 Å². The molecular formula is C23H20Cl2N6OS2. The summed E-state index contributed by atoms with van der Waals surface area (Å²) in [7, 11) is 0. The highest BCUT2D eigenvalue weighted by Gasteiger charge is 2.06. The van der Waals surface area contributed by atoms with E-state index in [0.29, 0.717) is 31.4 Å². The van der Waals surface area contributed by atoms with Crippen molar-refractivity contribution in [1.82, 2.24) is 10.9 Å². The van der Waals surface area contributed by atoms with Crippen molar-refractivity contribution in [2.24, 2.45) is 10.2 Å². The van der Waals surface area contributed by atoms with E-state index >= 15 is 0 Å². The Morgan fingerprint density at radius 3 is 1.53 bits per heavy atom. The lowest BCUT2D eigenvalue weighted by Gasteiger charge is -2.08. The van der Waals surface area contributed by atoms with E-state index < -0.39 is 0 Å². The summed E-state index contributed by atoms with van der Waals surface area (Å²) in [6.07, 6.45) is 2.94. The summed E-state index contributed by atoms with van der Waals surface area (Å²) in [4.78, 5) is 0. The van der Waals surface area contributed by atoms with Crippen LogP contribution < -0.4 is 21.5 Å². The number of benzene rings is 3. The van der Waals surface area contributed by atoms with Gasteiger partial charge in [-0.05, 0) is 97.6 Å². The molecule has 3 aromatic rings. The van der Waals surface area contributed by atoms with Crippen molar-refractivity contribution in [3.05, 3.63) is 87.4 Å². The Labute approximate surface area is 217 Å². The molecule has 5 N–H and O–H groups in total. The molecule has 0 aliphatic carbocycles. The summed E-state index contributed by atoms with van der Waals surface area (Å²) in [5.74, 6) is 0.00913. The molecule has 0 fully saturated rings. The second-order valence-electron chi connectivity index (χ2n) is 6.95. The number of aromatic hydroxyl groups is 1. The molecular weight excluding hydrogens is 511 g/mol. The third kappa shape index (κ3) is 7.96. The average molecular weight is 531 g/mol. The largest absolute Gasteiger partial charge is 0.507 e. The molecule has 7 nitrogen and oxygen atoms in total. The summed E-state index contributed by atoms with van der Waals surface area (Å²) in [6, 6.07) is 17.7. The van der Waals surface area contributed by atoms with Gasteiger partial charge in [0.25, 0.3) is 0 Å². The molecule has 34 heavy (non-hydrogen) atoms. The summed E-state index contributed by atoms with van der Waals surface area (Å²) < 4.78 is 0. The Morgan fingerprint density at radius 2 is 1.15 bits per heavy atom. The van der Waals surface area contributed by atoms with Crippen molar-refractivity contribution in [1.29, 1.82) is 0 Å². The van der Waals surface area contributed by atoms with E-state index in [-0.39, 0.29) is 5.75 Å². The first-order valence-corrected chi connectivity index (χ1v) is 11.4. The maximum atomic E-state index is 10.6. The highest BCUT2D eigenvalue weighted by molar-refractivity contribution is 7.80. The molecule has 11 heteroatoms. The standard InChI is InChI=1S/C23H20Cl2N6OS2/c1-14-10-15(12-26-30-22(33)28-19-6-2-17(24)3-7-19)21(32)16(11-14)13-27-31-23(34)29-20-8-4-18(25)5-9-20/h2-13,32H,1H3,(H2,28,30,33)(H2,29,31,34)/b26-12+,27-13?. The topological polar surface area (TPSA) is 93.1 Å². The molecule has 0 heterocycles. The molecule has 0 amide bonds. The van der Waals surface area contributed by atoms with E-state index in [1.807, 2.05) is 6.92 Å². The molecule has 0 aliphatic rings. The fourth-order valence-corrected chi connectivity index (χ4v) is 3.33. The number of aryl methyl sites for hydroxylation is 1. The average Bonchev–Trinajstić information content (AvgIpc) is 2.79. The lowest BCUT2D eigenvalue weighted by atomic mass is 10.1. The second kappa shape index (κ2) is 12.3. The minimum atomic E-state index is 0.00913. The molecule has 3 rings (SSSR count). The van der Waals surface area contributed by atoms with E-state index in [9.17, 15) is 5.11 Å². The van der Waals surface area contributed by atoms with Crippen LogP contribution in [0.3, 0.4) is 0 Å². The van der Waals surface area contributed by atoms with Gasteiger partial charge >= 0.3 is 0 Å². The van der Waals surface area contributed by atoms with Crippen molar-refractivity contribution in [3.63, 3.8) is 0 Å². The van der Waals surface area contributed by atoms with E-state index in [4.69, 9.17) is 47.6 Å². The first kappa shape index (κ1) is 25.4. The van der Waals surface area contributed by atoms with Crippen molar-refractivity contribution < 1.29 is 5.11 Å². The Kier molecular flexibility index (Phi) is 9.17. The van der Waals surface area contributed by atoms with Gasteiger partial charge in [-0.15, -0.1) is 0 Å². The van der Waals surface area contributed by atoms with Gasteiger partial charge in [0.05, 0.1) is 12.4 Å². The molecule has 0 aliphatic heterocycles. The number of phenolic OH excluding ortho intramolecular Hbond substituents is 1. The zero-order valence-corrected chi connectivity index (χ0v) is 21.0. The summed E-state index contributed by atoms with van der Waals surface area (Å²) >= 11 is 22.2. The minimum Gasteiger partial charge on any atom is -0.507 e. The molecule has 0 radical (unpaired) electrons. The van der Waals surface area contributed by atoms with Crippen LogP contribution >= 0.6 is 47.6 Å². The van der Waals surface area contributed by atoms with Gasteiger partial charge < -0.3 is 15.7 Å². The molecule has 0 saturated carbocycles. The number of anilines is 2. The lowest BCUT2D eigenvalue weighted by Crippen LogP contribution is -2.24. The molecule has 0 unspecified atom stereocenters. The Morgan fingerprint density at radius 1 is 0.765 bits per heavy atom. The van der Waals surface area contributed by atoms with Crippen LogP contribution in [0.25, 0.3) is 0 Å². The fraction of sp³-hybridized carbons (Fsp3) is 0.0435. The predicted molar refractivity (Wildman–Crippen MR) is 150 cm³/mol. The first-order valence-electron chi connectivity index (χ1n) is 9.85. The monoisotopic (exact) mass is 530 g/mol. The maximum Gasteiger partial charge on any atom is 0.191 e. The predicted octanol–water partition coefficient (Wildman–Crippen LogP) is 5.65. The molecule has 3 aromatic carbocycles. The van der Waals surface area contributed by atoms with E-state index in [1.165, 1.54) is 12.4 Å². The first-order chi connectivity index (χ1) is 16.3.